The van der Waals surface area contributed by atoms with E-state index in [-0.39, 0.29) is 39.7 Å². The number of aryl methyl sites for hydroxylation is 2. The van der Waals surface area contributed by atoms with Crippen molar-refractivity contribution in [3.8, 4) is 5.75 Å². The van der Waals surface area contributed by atoms with E-state index in [1.807, 2.05) is 50.2 Å². The highest BCUT2D eigenvalue weighted by Crippen LogP contribution is 2.41. The lowest BCUT2D eigenvalue weighted by Gasteiger charge is -2.14. The summed E-state index contributed by atoms with van der Waals surface area (Å²) >= 11 is 6.15. The zero-order valence-electron chi connectivity index (χ0n) is 21.2. The standard InChI is InChI=1S/C27H22ClN7O4S/c1-15-6-9-18(10-7-15)34-35-21-11-8-17-13-20(40(37,38)39)14-22(23(17)24(21)36)30-27-32-25(28)31-26(33-27)29-19-5-3-4-16(2)12-19/h3-14,36H,1-2H3,(H,37,38,39)(H2,29,30,31,32,33). The Kier molecular flexibility index (Phi) is 7.30. The molecule has 0 saturated carbocycles. The van der Waals surface area contributed by atoms with Gasteiger partial charge in [-0.25, -0.2) is 0 Å². The second-order valence-corrected chi connectivity index (χ2v) is 10.6. The number of halogens is 1. The van der Waals surface area contributed by atoms with Crippen molar-refractivity contribution < 1.29 is 18.1 Å². The number of nitrogens with zero attached hydrogens (tertiary/aromatic N) is 5. The maximum Gasteiger partial charge on any atom is 0.294 e. The Morgan fingerprint density at radius 2 is 1.55 bits per heavy atom. The van der Waals surface area contributed by atoms with E-state index in [1.54, 1.807) is 18.2 Å². The van der Waals surface area contributed by atoms with Crippen LogP contribution in [0.4, 0.5) is 34.6 Å². The third kappa shape index (κ3) is 6.15. The molecule has 0 aliphatic carbocycles. The van der Waals surface area contributed by atoms with Gasteiger partial charge in [-0.3, -0.25) is 4.55 Å². The van der Waals surface area contributed by atoms with Gasteiger partial charge >= 0.3 is 0 Å². The molecule has 0 aliphatic rings. The minimum absolute atomic E-state index is 0.0463. The molecule has 13 heteroatoms. The predicted octanol–water partition coefficient (Wildman–Crippen LogP) is 7.15. The van der Waals surface area contributed by atoms with E-state index in [4.69, 9.17) is 11.6 Å². The quantitative estimate of drug-likeness (QED) is 0.116. The first-order chi connectivity index (χ1) is 19.0. The number of rotatable bonds is 7. The number of hydrogen-bond acceptors (Lipinski definition) is 10. The molecule has 0 bridgehead atoms. The number of anilines is 4. The van der Waals surface area contributed by atoms with Crippen LogP contribution >= 0.6 is 11.6 Å². The highest BCUT2D eigenvalue weighted by molar-refractivity contribution is 7.85. The van der Waals surface area contributed by atoms with Crippen molar-refractivity contribution >= 4 is 67.1 Å². The highest BCUT2D eigenvalue weighted by Gasteiger charge is 2.19. The molecular weight excluding hydrogens is 554 g/mol. The molecular formula is C27H22ClN7O4S. The van der Waals surface area contributed by atoms with Gasteiger partial charge in [-0.2, -0.15) is 28.5 Å². The lowest BCUT2D eigenvalue weighted by molar-refractivity contribution is 0.480. The normalized spacial score (nSPS) is 11.7. The van der Waals surface area contributed by atoms with E-state index in [2.05, 4.69) is 35.8 Å². The van der Waals surface area contributed by atoms with Crippen LogP contribution in [-0.2, 0) is 10.1 Å². The topological polar surface area (TPSA) is 162 Å². The Labute approximate surface area is 234 Å². The van der Waals surface area contributed by atoms with E-state index in [1.165, 1.54) is 12.1 Å². The Bertz CT molecular complexity index is 1880. The van der Waals surface area contributed by atoms with Crippen molar-refractivity contribution in [1.29, 1.82) is 0 Å². The molecule has 1 aromatic heterocycles. The number of hydrogen-bond donors (Lipinski definition) is 4. The van der Waals surface area contributed by atoms with Crippen molar-refractivity contribution in [3.05, 3.63) is 89.2 Å². The lowest BCUT2D eigenvalue weighted by atomic mass is 10.1. The Hall–Kier alpha value is -4.65. The molecule has 40 heavy (non-hydrogen) atoms. The first-order valence-electron chi connectivity index (χ1n) is 11.8. The number of phenolic OH excluding ortho intramolecular Hbond substituents is 1. The maximum atomic E-state index is 12.0. The maximum absolute atomic E-state index is 12.0. The first kappa shape index (κ1) is 26.9. The average molecular weight is 576 g/mol. The molecule has 0 spiro atoms. The summed E-state index contributed by atoms with van der Waals surface area (Å²) in [6.07, 6.45) is 0. The van der Waals surface area contributed by atoms with Gasteiger partial charge in [0.25, 0.3) is 10.1 Å². The summed E-state index contributed by atoms with van der Waals surface area (Å²) in [5.41, 5.74) is 3.58. The van der Waals surface area contributed by atoms with Crippen LogP contribution in [-0.4, -0.2) is 33.0 Å². The summed E-state index contributed by atoms with van der Waals surface area (Å²) in [6, 6.07) is 20.3. The fourth-order valence-electron chi connectivity index (χ4n) is 3.89. The molecule has 4 N–H and O–H groups in total. The van der Waals surface area contributed by atoms with Gasteiger partial charge in [0.1, 0.15) is 5.69 Å². The van der Waals surface area contributed by atoms with Gasteiger partial charge < -0.3 is 15.7 Å². The lowest BCUT2D eigenvalue weighted by Crippen LogP contribution is -2.05. The summed E-state index contributed by atoms with van der Waals surface area (Å²) in [5, 5.41) is 25.8. The summed E-state index contributed by atoms with van der Waals surface area (Å²) < 4.78 is 33.8. The van der Waals surface area contributed by atoms with Crippen molar-refractivity contribution in [2.24, 2.45) is 10.2 Å². The largest absolute Gasteiger partial charge is 0.505 e. The minimum Gasteiger partial charge on any atom is -0.505 e. The van der Waals surface area contributed by atoms with Crippen molar-refractivity contribution in [3.63, 3.8) is 0 Å². The Morgan fingerprint density at radius 1 is 0.825 bits per heavy atom. The van der Waals surface area contributed by atoms with Crippen LogP contribution in [0.15, 0.2) is 87.9 Å². The number of nitrogens with one attached hydrogen (secondary N) is 2. The van der Waals surface area contributed by atoms with E-state index >= 15 is 0 Å². The number of benzene rings is 4. The smallest absolute Gasteiger partial charge is 0.294 e. The molecule has 0 amide bonds. The predicted molar refractivity (Wildman–Crippen MR) is 153 cm³/mol. The van der Waals surface area contributed by atoms with E-state index in [0.717, 1.165) is 17.2 Å². The molecule has 11 nitrogen and oxygen atoms in total. The number of aromatic nitrogens is 3. The molecule has 1 heterocycles. The summed E-state index contributed by atoms with van der Waals surface area (Å²) in [5.74, 6) is -0.203. The molecule has 5 rings (SSSR count). The van der Waals surface area contributed by atoms with Gasteiger partial charge in [-0.1, -0.05) is 35.9 Å². The molecule has 0 radical (unpaired) electrons. The molecule has 0 fully saturated rings. The first-order valence-corrected chi connectivity index (χ1v) is 13.6. The fourth-order valence-corrected chi connectivity index (χ4v) is 4.60. The second-order valence-electron chi connectivity index (χ2n) is 8.88. The van der Waals surface area contributed by atoms with Crippen LogP contribution in [0.1, 0.15) is 11.1 Å². The molecule has 5 aromatic rings. The van der Waals surface area contributed by atoms with Crippen LogP contribution in [0.25, 0.3) is 10.8 Å². The molecule has 4 aromatic carbocycles. The van der Waals surface area contributed by atoms with Gasteiger partial charge in [-0.15, -0.1) is 5.11 Å². The van der Waals surface area contributed by atoms with E-state index in [9.17, 15) is 18.1 Å². The Morgan fingerprint density at radius 3 is 2.25 bits per heavy atom. The van der Waals surface area contributed by atoms with Crippen LogP contribution in [0.3, 0.4) is 0 Å². The van der Waals surface area contributed by atoms with Crippen molar-refractivity contribution in [2.75, 3.05) is 10.6 Å². The van der Waals surface area contributed by atoms with Crippen molar-refractivity contribution in [1.82, 2.24) is 15.0 Å². The zero-order valence-corrected chi connectivity index (χ0v) is 22.7. The summed E-state index contributed by atoms with van der Waals surface area (Å²) in [4.78, 5) is 12.1. The Balaban J connectivity index is 1.58. The number of fused-ring (bicyclic) bond motifs is 1. The average Bonchev–Trinajstić information content (AvgIpc) is 2.88. The van der Waals surface area contributed by atoms with Crippen LogP contribution < -0.4 is 10.6 Å². The van der Waals surface area contributed by atoms with Crippen molar-refractivity contribution in [2.45, 2.75) is 18.7 Å². The molecule has 0 saturated heterocycles. The monoisotopic (exact) mass is 575 g/mol. The zero-order chi connectivity index (χ0) is 28.4. The number of azo groups is 1. The van der Waals surface area contributed by atoms with Gasteiger partial charge in [-0.05, 0) is 78.9 Å². The van der Waals surface area contributed by atoms with Gasteiger partial charge in [0.05, 0.1) is 16.3 Å². The van der Waals surface area contributed by atoms with E-state index < -0.39 is 15.0 Å². The molecule has 0 unspecified atom stereocenters. The molecule has 202 valence electrons. The third-order valence-corrected chi connectivity index (χ3v) is 6.78. The number of aromatic hydroxyl groups is 1. The van der Waals surface area contributed by atoms with Crippen LogP contribution in [0, 0.1) is 13.8 Å². The van der Waals surface area contributed by atoms with E-state index in [0.29, 0.717) is 16.8 Å². The minimum atomic E-state index is -4.60. The highest BCUT2D eigenvalue weighted by atomic mass is 35.5. The van der Waals surface area contributed by atoms with Gasteiger partial charge in [0.2, 0.25) is 17.2 Å². The van der Waals surface area contributed by atoms with Crippen LogP contribution in [0.2, 0.25) is 5.28 Å². The summed E-state index contributed by atoms with van der Waals surface area (Å²) in [6.45, 7) is 3.89. The van der Waals surface area contributed by atoms with Gasteiger partial charge in [0.15, 0.2) is 5.75 Å². The van der Waals surface area contributed by atoms with Crippen LogP contribution in [0.5, 0.6) is 5.75 Å². The van der Waals surface area contributed by atoms with Gasteiger partial charge in [0, 0.05) is 11.1 Å². The summed E-state index contributed by atoms with van der Waals surface area (Å²) in [7, 11) is -4.60. The molecule has 0 aliphatic heterocycles. The SMILES string of the molecule is Cc1ccc(N=Nc2ccc3cc(S(=O)(=O)O)cc(Nc4nc(Cl)nc(Nc5cccc(C)c5)n4)c3c2O)cc1. The number of phenols is 1. The third-order valence-electron chi connectivity index (χ3n) is 5.78. The second kappa shape index (κ2) is 10.8. The fraction of sp³-hybridized carbons (Fsp3) is 0.0741. The molecule has 0 atom stereocenters.